The standard InChI is InChI=1S/C15H26N2O3/c1-4-7-15(13(18)19)8-9-17(10-15)14(20)16(3)11(2)12-5-6-12/h11-12H,4-10H2,1-3H3,(H,18,19). The number of carbonyl (C=O) groups is 2. The summed E-state index contributed by atoms with van der Waals surface area (Å²) < 4.78 is 0. The molecule has 2 amide bonds. The van der Waals surface area contributed by atoms with Gasteiger partial charge in [-0.15, -0.1) is 0 Å². The summed E-state index contributed by atoms with van der Waals surface area (Å²) in [7, 11) is 1.84. The molecule has 1 aliphatic carbocycles. The highest BCUT2D eigenvalue weighted by molar-refractivity contribution is 5.80. The Morgan fingerprint density at radius 3 is 2.60 bits per heavy atom. The van der Waals surface area contributed by atoms with Crippen LogP contribution in [0.1, 0.15) is 46.0 Å². The van der Waals surface area contributed by atoms with Gasteiger partial charge in [-0.3, -0.25) is 4.79 Å². The van der Waals surface area contributed by atoms with Crippen molar-refractivity contribution in [1.82, 2.24) is 9.80 Å². The summed E-state index contributed by atoms with van der Waals surface area (Å²) in [5.41, 5.74) is -0.728. The number of rotatable bonds is 5. The molecule has 2 rings (SSSR count). The minimum atomic E-state index is -0.757. The van der Waals surface area contributed by atoms with Gasteiger partial charge in [0.25, 0.3) is 0 Å². The molecule has 2 atom stereocenters. The van der Waals surface area contributed by atoms with Gasteiger partial charge in [-0.05, 0) is 38.5 Å². The van der Waals surface area contributed by atoms with Crippen LogP contribution in [-0.2, 0) is 4.79 Å². The van der Waals surface area contributed by atoms with Crippen LogP contribution in [0.25, 0.3) is 0 Å². The SMILES string of the molecule is CCCC1(C(=O)O)CCN(C(=O)N(C)C(C)C2CC2)C1. The van der Waals surface area contributed by atoms with E-state index < -0.39 is 11.4 Å². The van der Waals surface area contributed by atoms with E-state index in [-0.39, 0.29) is 12.1 Å². The first kappa shape index (κ1) is 15.1. The second kappa shape index (κ2) is 5.62. The lowest BCUT2D eigenvalue weighted by Gasteiger charge is -2.31. The molecule has 1 saturated carbocycles. The summed E-state index contributed by atoms with van der Waals surface area (Å²) in [6.07, 6.45) is 4.46. The molecule has 1 aliphatic heterocycles. The Hall–Kier alpha value is -1.26. The van der Waals surface area contributed by atoms with Crippen molar-refractivity contribution in [3.63, 3.8) is 0 Å². The largest absolute Gasteiger partial charge is 0.481 e. The van der Waals surface area contributed by atoms with E-state index in [0.29, 0.717) is 31.8 Å². The molecule has 114 valence electrons. The minimum Gasteiger partial charge on any atom is -0.481 e. The molecule has 1 N–H and O–H groups in total. The number of likely N-dealkylation sites (tertiary alicyclic amines) is 1. The van der Waals surface area contributed by atoms with Crippen molar-refractivity contribution in [1.29, 1.82) is 0 Å². The van der Waals surface area contributed by atoms with Crippen molar-refractivity contribution >= 4 is 12.0 Å². The number of carbonyl (C=O) groups excluding carboxylic acids is 1. The smallest absolute Gasteiger partial charge is 0.320 e. The Morgan fingerprint density at radius 2 is 2.10 bits per heavy atom. The van der Waals surface area contributed by atoms with Crippen molar-refractivity contribution in [3.8, 4) is 0 Å². The third-order valence-electron chi connectivity index (χ3n) is 5.02. The van der Waals surface area contributed by atoms with Gasteiger partial charge in [0, 0.05) is 26.2 Å². The zero-order valence-electron chi connectivity index (χ0n) is 12.8. The number of amides is 2. The fourth-order valence-corrected chi connectivity index (χ4v) is 3.29. The van der Waals surface area contributed by atoms with E-state index >= 15 is 0 Å². The van der Waals surface area contributed by atoms with E-state index in [1.807, 2.05) is 14.0 Å². The van der Waals surface area contributed by atoms with Crippen LogP contribution < -0.4 is 0 Å². The lowest BCUT2D eigenvalue weighted by atomic mass is 9.83. The molecule has 0 aromatic carbocycles. The maximum Gasteiger partial charge on any atom is 0.320 e. The van der Waals surface area contributed by atoms with Gasteiger partial charge in [0.05, 0.1) is 5.41 Å². The highest BCUT2D eigenvalue weighted by Gasteiger charge is 2.46. The summed E-state index contributed by atoms with van der Waals surface area (Å²) in [4.78, 5) is 27.6. The van der Waals surface area contributed by atoms with Crippen LogP contribution in [0.2, 0.25) is 0 Å². The lowest BCUT2D eigenvalue weighted by Crippen LogP contribution is -2.46. The Labute approximate surface area is 120 Å². The van der Waals surface area contributed by atoms with Crippen molar-refractivity contribution in [2.24, 2.45) is 11.3 Å². The number of carboxylic acids is 1. The van der Waals surface area contributed by atoms with E-state index in [4.69, 9.17) is 0 Å². The summed E-state index contributed by atoms with van der Waals surface area (Å²) in [6, 6.07) is 0.247. The normalized spacial score (nSPS) is 27.4. The molecule has 0 spiro atoms. The Kier molecular flexibility index (Phi) is 4.25. The predicted octanol–water partition coefficient (Wildman–Crippen LogP) is 2.41. The van der Waals surface area contributed by atoms with Crippen molar-refractivity contribution in [3.05, 3.63) is 0 Å². The fourth-order valence-electron chi connectivity index (χ4n) is 3.29. The molecule has 5 heteroatoms. The second-order valence-electron chi connectivity index (χ2n) is 6.48. The number of aliphatic carboxylic acids is 1. The van der Waals surface area contributed by atoms with Gasteiger partial charge in [0.15, 0.2) is 0 Å². The summed E-state index contributed by atoms with van der Waals surface area (Å²) in [5, 5.41) is 9.49. The van der Waals surface area contributed by atoms with E-state index in [9.17, 15) is 14.7 Å². The number of urea groups is 1. The Morgan fingerprint density at radius 1 is 1.45 bits per heavy atom. The van der Waals surface area contributed by atoms with Crippen LogP contribution in [0, 0.1) is 11.3 Å². The molecule has 0 aromatic rings. The molecule has 1 heterocycles. The predicted molar refractivity (Wildman–Crippen MR) is 76.5 cm³/mol. The van der Waals surface area contributed by atoms with E-state index in [0.717, 1.165) is 6.42 Å². The first-order valence-corrected chi connectivity index (χ1v) is 7.66. The van der Waals surface area contributed by atoms with Crippen LogP contribution >= 0.6 is 0 Å². The Balaban J connectivity index is 2.00. The quantitative estimate of drug-likeness (QED) is 0.842. The minimum absolute atomic E-state index is 0.0105. The molecule has 2 fully saturated rings. The summed E-state index contributed by atoms with van der Waals surface area (Å²) in [6.45, 7) is 5.00. The van der Waals surface area contributed by atoms with Gasteiger partial charge in [-0.1, -0.05) is 13.3 Å². The van der Waals surface area contributed by atoms with Gasteiger partial charge in [0.1, 0.15) is 0 Å². The lowest BCUT2D eigenvalue weighted by molar-refractivity contribution is -0.148. The zero-order valence-corrected chi connectivity index (χ0v) is 12.8. The highest BCUT2D eigenvalue weighted by Crippen LogP contribution is 2.38. The molecule has 0 aromatic heterocycles. The van der Waals surface area contributed by atoms with Crippen molar-refractivity contribution < 1.29 is 14.7 Å². The molecule has 0 bridgehead atoms. The van der Waals surface area contributed by atoms with Crippen molar-refractivity contribution in [2.75, 3.05) is 20.1 Å². The van der Waals surface area contributed by atoms with Crippen LogP contribution in [0.3, 0.4) is 0 Å². The number of hydrogen-bond acceptors (Lipinski definition) is 2. The fraction of sp³-hybridized carbons (Fsp3) is 0.867. The first-order chi connectivity index (χ1) is 9.41. The molecule has 2 unspecified atom stereocenters. The van der Waals surface area contributed by atoms with Gasteiger partial charge in [0.2, 0.25) is 0 Å². The van der Waals surface area contributed by atoms with E-state index in [1.165, 1.54) is 12.8 Å². The van der Waals surface area contributed by atoms with E-state index in [1.54, 1.807) is 9.80 Å². The van der Waals surface area contributed by atoms with Crippen LogP contribution in [0.5, 0.6) is 0 Å². The first-order valence-electron chi connectivity index (χ1n) is 7.66. The van der Waals surface area contributed by atoms with E-state index in [2.05, 4.69) is 6.92 Å². The molecule has 2 aliphatic rings. The van der Waals surface area contributed by atoms with Gasteiger partial charge < -0.3 is 14.9 Å². The van der Waals surface area contributed by atoms with Gasteiger partial charge in [-0.25, -0.2) is 4.79 Å². The van der Waals surface area contributed by atoms with Crippen LogP contribution in [0.15, 0.2) is 0 Å². The second-order valence-corrected chi connectivity index (χ2v) is 6.48. The molecule has 5 nitrogen and oxygen atoms in total. The monoisotopic (exact) mass is 282 g/mol. The number of hydrogen-bond donors (Lipinski definition) is 1. The topological polar surface area (TPSA) is 60.9 Å². The van der Waals surface area contributed by atoms with Crippen LogP contribution in [-0.4, -0.2) is 53.1 Å². The molecule has 1 saturated heterocycles. The zero-order chi connectivity index (χ0) is 14.9. The average molecular weight is 282 g/mol. The van der Waals surface area contributed by atoms with Gasteiger partial charge in [-0.2, -0.15) is 0 Å². The number of nitrogens with zero attached hydrogens (tertiary/aromatic N) is 2. The maximum atomic E-state index is 12.5. The average Bonchev–Trinajstić information content (AvgIpc) is 3.17. The Bertz CT molecular complexity index is 395. The molecule has 0 radical (unpaired) electrons. The summed E-state index contributed by atoms with van der Waals surface area (Å²) >= 11 is 0. The third kappa shape index (κ3) is 2.76. The molecular weight excluding hydrogens is 256 g/mol. The number of carboxylic acid groups (broad SMARTS) is 1. The third-order valence-corrected chi connectivity index (χ3v) is 5.02. The highest BCUT2D eigenvalue weighted by atomic mass is 16.4. The maximum absolute atomic E-state index is 12.5. The van der Waals surface area contributed by atoms with Crippen LogP contribution in [0.4, 0.5) is 4.79 Å². The van der Waals surface area contributed by atoms with Crippen molar-refractivity contribution in [2.45, 2.75) is 52.0 Å². The van der Waals surface area contributed by atoms with Gasteiger partial charge >= 0.3 is 12.0 Å². The molecule has 20 heavy (non-hydrogen) atoms. The summed E-state index contributed by atoms with van der Waals surface area (Å²) in [5.74, 6) is -0.126. The molecular formula is C15H26N2O3.